The van der Waals surface area contributed by atoms with Crippen molar-refractivity contribution in [1.29, 1.82) is 0 Å². The normalized spacial score (nSPS) is 13.1. The number of hydrogen-bond donors (Lipinski definition) is 1. The van der Waals surface area contributed by atoms with Crippen LogP contribution in [0.2, 0.25) is 0 Å². The quantitative estimate of drug-likeness (QED) is 0.609. The predicted octanol–water partition coefficient (Wildman–Crippen LogP) is 4.85. The number of non-ortho nitro benzene ring substituents is 1. The lowest BCUT2D eigenvalue weighted by Gasteiger charge is -2.14. The van der Waals surface area contributed by atoms with Gasteiger partial charge in [-0.15, -0.1) is 0 Å². The van der Waals surface area contributed by atoms with Gasteiger partial charge in [-0.3, -0.25) is 14.9 Å². The highest BCUT2D eigenvalue weighted by atomic mass is 16.6. The number of benzene rings is 2. The number of nitro benzene ring substituents is 1. The first kappa shape index (κ1) is 17.7. The molecule has 2 aromatic carbocycles. The number of rotatable bonds is 6. The molecule has 2 atom stereocenters. The zero-order valence-electron chi connectivity index (χ0n) is 14.2. The molecule has 0 aromatic heterocycles. The van der Waals surface area contributed by atoms with Gasteiger partial charge in [0.05, 0.1) is 10.8 Å². The minimum atomic E-state index is -0.451. The summed E-state index contributed by atoms with van der Waals surface area (Å²) in [6.45, 7) is 6.10. The van der Waals surface area contributed by atoms with E-state index >= 15 is 0 Å². The minimum Gasteiger partial charge on any atom is -0.326 e. The van der Waals surface area contributed by atoms with E-state index in [0.717, 1.165) is 17.7 Å². The van der Waals surface area contributed by atoms with Crippen LogP contribution < -0.4 is 5.32 Å². The summed E-state index contributed by atoms with van der Waals surface area (Å²) < 4.78 is 0. The molecule has 1 N–H and O–H groups in total. The van der Waals surface area contributed by atoms with Crippen LogP contribution in [0.3, 0.4) is 0 Å². The summed E-state index contributed by atoms with van der Waals surface area (Å²) in [5.74, 6) is -0.0334. The predicted molar refractivity (Wildman–Crippen MR) is 95.3 cm³/mol. The van der Waals surface area contributed by atoms with Gasteiger partial charge >= 0.3 is 0 Å². The second-order valence-corrected chi connectivity index (χ2v) is 5.99. The van der Waals surface area contributed by atoms with Crippen molar-refractivity contribution >= 4 is 17.3 Å². The molecule has 0 spiro atoms. The second-order valence-electron chi connectivity index (χ2n) is 5.99. The van der Waals surface area contributed by atoms with Crippen LogP contribution in [0.15, 0.2) is 48.5 Å². The third-order valence-corrected chi connectivity index (χ3v) is 4.36. The monoisotopic (exact) mass is 326 g/mol. The molecule has 2 aromatic rings. The average molecular weight is 326 g/mol. The Morgan fingerprint density at radius 1 is 1.04 bits per heavy atom. The molecule has 0 saturated carbocycles. The highest BCUT2D eigenvalue weighted by molar-refractivity contribution is 5.95. The second kappa shape index (κ2) is 7.73. The Bertz CT molecular complexity index is 708. The highest BCUT2D eigenvalue weighted by Crippen LogP contribution is 2.23. The molecule has 0 radical (unpaired) electrons. The Morgan fingerprint density at radius 2 is 1.58 bits per heavy atom. The van der Waals surface area contributed by atoms with Crippen LogP contribution in [0, 0.1) is 10.1 Å². The lowest BCUT2D eigenvalue weighted by Crippen LogP contribution is -2.18. The number of nitro groups is 1. The largest absolute Gasteiger partial charge is 0.326 e. The van der Waals surface area contributed by atoms with E-state index in [9.17, 15) is 14.9 Å². The zero-order chi connectivity index (χ0) is 17.7. The summed E-state index contributed by atoms with van der Waals surface area (Å²) in [5, 5.41) is 13.6. The maximum absolute atomic E-state index is 12.4. The molecule has 0 aliphatic carbocycles. The minimum absolute atomic E-state index is 0.0204. The molecular weight excluding hydrogens is 304 g/mol. The van der Waals surface area contributed by atoms with Gasteiger partial charge in [0.25, 0.3) is 5.69 Å². The molecule has 0 bridgehead atoms. The Hall–Kier alpha value is -2.69. The summed E-state index contributed by atoms with van der Waals surface area (Å²) in [6.07, 6.45) is 1.07. The van der Waals surface area contributed by atoms with Crippen molar-refractivity contribution in [2.24, 2.45) is 0 Å². The highest BCUT2D eigenvalue weighted by Gasteiger charge is 2.16. The molecule has 2 rings (SSSR count). The summed E-state index contributed by atoms with van der Waals surface area (Å²) in [7, 11) is 0. The maximum atomic E-state index is 12.4. The smallest absolute Gasteiger partial charge is 0.269 e. The van der Waals surface area contributed by atoms with Gasteiger partial charge in [0.2, 0.25) is 5.91 Å². The number of carbonyl (C=O) groups excluding carboxylic acids is 1. The number of carbonyl (C=O) groups is 1. The van der Waals surface area contributed by atoms with E-state index in [-0.39, 0.29) is 17.5 Å². The van der Waals surface area contributed by atoms with Gasteiger partial charge in [-0.05, 0) is 42.5 Å². The van der Waals surface area contributed by atoms with E-state index in [4.69, 9.17) is 0 Å². The fourth-order valence-electron chi connectivity index (χ4n) is 2.42. The summed E-state index contributed by atoms with van der Waals surface area (Å²) in [5.41, 5.74) is 2.76. The van der Waals surface area contributed by atoms with Crippen molar-refractivity contribution in [2.75, 3.05) is 5.32 Å². The first-order valence-electron chi connectivity index (χ1n) is 8.07. The van der Waals surface area contributed by atoms with E-state index in [1.54, 1.807) is 19.1 Å². The molecule has 0 saturated heterocycles. The van der Waals surface area contributed by atoms with Crippen LogP contribution in [-0.2, 0) is 4.79 Å². The lowest BCUT2D eigenvalue weighted by molar-refractivity contribution is -0.384. The molecule has 24 heavy (non-hydrogen) atoms. The van der Waals surface area contributed by atoms with Crippen LogP contribution in [-0.4, -0.2) is 10.8 Å². The first-order chi connectivity index (χ1) is 11.4. The van der Waals surface area contributed by atoms with Crippen molar-refractivity contribution < 1.29 is 9.72 Å². The fraction of sp³-hybridized carbons (Fsp3) is 0.316. The van der Waals surface area contributed by atoms with Crippen LogP contribution >= 0.6 is 0 Å². The van der Waals surface area contributed by atoms with Gasteiger partial charge in [-0.25, -0.2) is 0 Å². The summed E-state index contributed by atoms with van der Waals surface area (Å²) in [4.78, 5) is 22.6. The Morgan fingerprint density at radius 3 is 2.08 bits per heavy atom. The van der Waals surface area contributed by atoms with Gasteiger partial charge in [-0.2, -0.15) is 0 Å². The average Bonchev–Trinajstić information content (AvgIpc) is 2.61. The Balaban J connectivity index is 2.04. The van der Waals surface area contributed by atoms with Crippen molar-refractivity contribution in [1.82, 2.24) is 0 Å². The van der Waals surface area contributed by atoms with Crippen LogP contribution in [0.1, 0.15) is 50.2 Å². The molecule has 126 valence electrons. The molecule has 0 heterocycles. The standard InChI is InChI=1S/C19H22N2O3/c1-4-13(2)15-5-9-17(10-6-15)20-19(22)14(3)16-7-11-18(12-8-16)21(23)24/h5-14H,4H2,1-3H3,(H,20,22). The van der Waals surface area contributed by atoms with Gasteiger partial charge < -0.3 is 5.32 Å². The van der Waals surface area contributed by atoms with Crippen LogP contribution in [0.5, 0.6) is 0 Å². The van der Waals surface area contributed by atoms with E-state index in [1.165, 1.54) is 17.7 Å². The lowest BCUT2D eigenvalue weighted by atomic mass is 9.98. The van der Waals surface area contributed by atoms with Crippen molar-refractivity contribution in [3.05, 3.63) is 69.8 Å². The summed E-state index contributed by atoms with van der Waals surface area (Å²) >= 11 is 0. The molecule has 5 heteroatoms. The SMILES string of the molecule is CCC(C)c1ccc(NC(=O)C(C)c2ccc([N+](=O)[O-])cc2)cc1. The van der Waals surface area contributed by atoms with E-state index in [1.807, 2.05) is 24.3 Å². The van der Waals surface area contributed by atoms with E-state index in [2.05, 4.69) is 19.2 Å². The number of hydrogen-bond acceptors (Lipinski definition) is 3. The Kier molecular flexibility index (Phi) is 5.68. The van der Waals surface area contributed by atoms with Crippen LogP contribution in [0.25, 0.3) is 0 Å². The first-order valence-corrected chi connectivity index (χ1v) is 8.07. The summed E-state index contributed by atoms with van der Waals surface area (Å²) in [6, 6.07) is 13.9. The van der Waals surface area contributed by atoms with Gasteiger partial charge in [-0.1, -0.05) is 38.1 Å². The third kappa shape index (κ3) is 4.19. The molecule has 1 amide bonds. The van der Waals surface area contributed by atoms with Crippen LogP contribution in [0.4, 0.5) is 11.4 Å². The fourth-order valence-corrected chi connectivity index (χ4v) is 2.42. The van der Waals surface area contributed by atoms with E-state index in [0.29, 0.717) is 5.92 Å². The number of amides is 1. The van der Waals surface area contributed by atoms with Gasteiger partial charge in [0.1, 0.15) is 0 Å². The third-order valence-electron chi connectivity index (χ3n) is 4.36. The van der Waals surface area contributed by atoms with Crippen molar-refractivity contribution in [3.63, 3.8) is 0 Å². The number of nitrogens with one attached hydrogen (secondary N) is 1. The molecule has 0 fully saturated rings. The molecule has 5 nitrogen and oxygen atoms in total. The number of nitrogens with zero attached hydrogens (tertiary/aromatic N) is 1. The zero-order valence-corrected chi connectivity index (χ0v) is 14.2. The molecular formula is C19H22N2O3. The topological polar surface area (TPSA) is 72.2 Å². The molecule has 0 aliphatic rings. The van der Waals surface area contributed by atoms with E-state index < -0.39 is 4.92 Å². The number of anilines is 1. The Labute approximate surface area is 141 Å². The van der Waals surface area contributed by atoms with Gasteiger partial charge in [0, 0.05) is 17.8 Å². The van der Waals surface area contributed by atoms with Gasteiger partial charge in [0.15, 0.2) is 0 Å². The maximum Gasteiger partial charge on any atom is 0.269 e. The molecule has 2 unspecified atom stereocenters. The molecule has 0 aliphatic heterocycles. The van der Waals surface area contributed by atoms with Crippen molar-refractivity contribution in [2.45, 2.75) is 39.0 Å². The van der Waals surface area contributed by atoms with Crippen molar-refractivity contribution in [3.8, 4) is 0 Å².